The number of nitrogen functional groups attached to an aromatic ring is 1. The number of amides is 1. The number of nitrogens with two attached hydrogens (primary N) is 1. The Hall–Kier alpha value is -1.73. The molecular formula is C10H10N4OS2. The van der Waals surface area contributed by atoms with Crippen molar-refractivity contribution in [1.82, 2.24) is 10.4 Å². The molecule has 2 aromatic rings. The van der Waals surface area contributed by atoms with Crippen molar-refractivity contribution in [3.63, 3.8) is 0 Å². The number of hydrogen-bond donors (Lipinski definition) is 2. The number of carbonyl (C=O) groups excluding carboxylic acids is 1. The summed E-state index contributed by atoms with van der Waals surface area (Å²) < 4.78 is 0. The van der Waals surface area contributed by atoms with Crippen LogP contribution in [0.2, 0.25) is 0 Å². The van der Waals surface area contributed by atoms with Crippen molar-refractivity contribution >= 4 is 39.9 Å². The molecule has 0 aliphatic heterocycles. The van der Waals surface area contributed by atoms with Gasteiger partial charge >= 0.3 is 0 Å². The highest BCUT2D eigenvalue weighted by atomic mass is 32.1. The molecule has 2 aromatic heterocycles. The topological polar surface area (TPSA) is 80.4 Å². The molecule has 1 amide bonds. The van der Waals surface area contributed by atoms with Crippen LogP contribution in [0.15, 0.2) is 22.6 Å². The van der Waals surface area contributed by atoms with E-state index in [0.29, 0.717) is 15.7 Å². The molecule has 0 spiro atoms. The van der Waals surface area contributed by atoms with E-state index in [1.807, 2.05) is 17.5 Å². The van der Waals surface area contributed by atoms with Crippen LogP contribution in [-0.4, -0.2) is 17.1 Å². The van der Waals surface area contributed by atoms with Gasteiger partial charge in [0.1, 0.15) is 4.88 Å². The van der Waals surface area contributed by atoms with Crippen molar-refractivity contribution in [1.29, 1.82) is 0 Å². The first-order valence-corrected chi connectivity index (χ1v) is 6.46. The Labute approximate surface area is 106 Å². The van der Waals surface area contributed by atoms with Crippen molar-refractivity contribution in [2.24, 2.45) is 5.10 Å². The van der Waals surface area contributed by atoms with Gasteiger partial charge in [0.05, 0.1) is 11.9 Å². The monoisotopic (exact) mass is 266 g/mol. The van der Waals surface area contributed by atoms with Crippen LogP contribution < -0.4 is 11.2 Å². The molecule has 0 saturated carbocycles. The molecule has 2 heterocycles. The lowest BCUT2D eigenvalue weighted by Crippen LogP contribution is -2.17. The van der Waals surface area contributed by atoms with E-state index in [4.69, 9.17) is 5.73 Å². The van der Waals surface area contributed by atoms with E-state index >= 15 is 0 Å². The average molecular weight is 266 g/mol. The van der Waals surface area contributed by atoms with Gasteiger partial charge in [-0.15, -0.1) is 11.3 Å². The van der Waals surface area contributed by atoms with Gasteiger partial charge in [-0.3, -0.25) is 4.79 Å². The number of aryl methyl sites for hydroxylation is 1. The Morgan fingerprint density at radius 3 is 3.06 bits per heavy atom. The number of hydrazone groups is 1. The minimum atomic E-state index is -0.287. The van der Waals surface area contributed by atoms with E-state index in [1.165, 1.54) is 0 Å². The fraction of sp³-hybridized carbons (Fsp3) is 0.100. The quantitative estimate of drug-likeness (QED) is 0.657. The van der Waals surface area contributed by atoms with Gasteiger partial charge in [-0.05, 0) is 18.4 Å². The molecule has 5 nitrogen and oxygen atoms in total. The van der Waals surface area contributed by atoms with E-state index in [-0.39, 0.29) is 5.91 Å². The third-order valence-electron chi connectivity index (χ3n) is 1.92. The first-order chi connectivity index (χ1) is 8.16. The van der Waals surface area contributed by atoms with Crippen LogP contribution in [0.5, 0.6) is 0 Å². The first-order valence-electron chi connectivity index (χ1n) is 4.76. The number of nitrogens with one attached hydrogen (secondary N) is 1. The number of anilines is 1. The van der Waals surface area contributed by atoms with E-state index in [2.05, 4.69) is 15.5 Å². The van der Waals surface area contributed by atoms with Crippen LogP contribution in [-0.2, 0) is 0 Å². The molecule has 2 rings (SSSR count). The Bertz CT molecular complexity index is 545. The maximum Gasteiger partial charge on any atom is 0.283 e. The van der Waals surface area contributed by atoms with Crippen molar-refractivity contribution in [3.8, 4) is 0 Å². The van der Waals surface area contributed by atoms with E-state index < -0.39 is 0 Å². The summed E-state index contributed by atoms with van der Waals surface area (Å²) in [4.78, 5) is 17.1. The van der Waals surface area contributed by atoms with Crippen LogP contribution in [0, 0.1) is 6.92 Å². The molecule has 3 N–H and O–H groups in total. The standard InChI is InChI=1S/C10H10N4OS2/c1-6-8(17-10(11)13-6)9(15)14-12-5-7-3-2-4-16-7/h2-5H,1H3,(H2,11,13)(H,14,15)/b12-5-. The predicted molar refractivity (Wildman–Crippen MR) is 70.6 cm³/mol. The van der Waals surface area contributed by atoms with Crippen LogP contribution >= 0.6 is 22.7 Å². The van der Waals surface area contributed by atoms with Gasteiger partial charge in [0, 0.05) is 4.88 Å². The largest absolute Gasteiger partial charge is 0.375 e. The zero-order chi connectivity index (χ0) is 12.3. The third kappa shape index (κ3) is 2.89. The van der Waals surface area contributed by atoms with Gasteiger partial charge in [0.15, 0.2) is 5.13 Å². The van der Waals surface area contributed by atoms with E-state index in [0.717, 1.165) is 16.2 Å². The van der Waals surface area contributed by atoms with Crippen molar-refractivity contribution in [2.75, 3.05) is 5.73 Å². The summed E-state index contributed by atoms with van der Waals surface area (Å²) in [5.41, 5.74) is 8.58. The summed E-state index contributed by atoms with van der Waals surface area (Å²) in [5.74, 6) is -0.287. The minimum absolute atomic E-state index is 0.287. The lowest BCUT2D eigenvalue weighted by Gasteiger charge is -1.95. The van der Waals surface area contributed by atoms with Gasteiger partial charge in [-0.25, -0.2) is 10.4 Å². The predicted octanol–water partition coefficient (Wildman–Crippen LogP) is 1.86. The summed E-state index contributed by atoms with van der Waals surface area (Å²) >= 11 is 2.70. The molecule has 7 heteroatoms. The zero-order valence-corrected chi connectivity index (χ0v) is 10.6. The van der Waals surface area contributed by atoms with Gasteiger partial charge in [0.25, 0.3) is 5.91 Å². The Morgan fingerprint density at radius 2 is 2.47 bits per heavy atom. The molecule has 0 radical (unpaired) electrons. The second-order valence-corrected chi connectivity index (χ2v) is 5.19. The highest BCUT2D eigenvalue weighted by Gasteiger charge is 2.12. The molecule has 0 aliphatic carbocycles. The third-order valence-corrected chi connectivity index (χ3v) is 3.71. The number of aromatic nitrogens is 1. The molecular weight excluding hydrogens is 256 g/mol. The minimum Gasteiger partial charge on any atom is -0.375 e. The van der Waals surface area contributed by atoms with Gasteiger partial charge in [-0.2, -0.15) is 5.10 Å². The second kappa shape index (κ2) is 5.07. The lowest BCUT2D eigenvalue weighted by molar-refractivity contribution is 0.0958. The maximum atomic E-state index is 11.7. The van der Waals surface area contributed by atoms with Crippen LogP contribution in [0.4, 0.5) is 5.13 Å². The van der Waals surface area contributed by atoms with Gasteiger partial charge < -0.3 is 5.73 Å². The highest BCUT2D eigenvalue weighted by Crippen LogP contribution is 2.19. The fourth-order valence-corrected chi connectivity index (χ4v) is 2.51. The Morgan fingerprint density at radius 1 is 1.65 bits per heavy atom. The summed E-state index contributed by atoms with van der Waals surface area (Å²) in [6.45, 7) is 1.74. The number of rotatable bonds is 3. The summed E-state index contributed by atoms with van der Waals surface area (Å²) in [7, 11) is 0. The number of thiazole rings is 1. The zero-order valence-electron chi connectivity index (χ0n) is 9.01. The van der Waals surface area contributed by atoms with E-state index in [1.54, 1.807) is 24.5 Å². The first kappa shape index (κ1) is 11.7. The molecule has 0 fully saturated rings. The van der Waals surface area contributed by atoms with E-state index in [9.17, 15) is 4.79 Å². The van der Waals surface area contributed by atoms with Crippen molar-refractivity contribution in [3.05, 3.63) is 33.0 Å². The summed E-state index contributed by atoms with van der Waals surface area (Å²) in [5, 5.41) is 6.19. The Balaban J connectivity index is 2.00. The SMILES string of the molecule is Cc1nc(N)sc1C(=O)N/N=C\c1cccs1. The smallest absolute Gasteiger partial charge is 0.283 e. The molecule has 0 aliphatic rings. The maximum absolute atomic E-state index is 11.7. The van der Waals surface area contributed by atoms with Crippen LogP contribution in [0.25, 0.3) is 0 Å². The van der Waals surface area contributed by atoms with Crippen LogP contribution in [0.3, 0.4) is 0 Å². The van der Waals surface area contributed by atoms with Gasteiger partial charge in [0.2, 0.25) is 0 Å². The normalized spacial score (nSPS) is 10.9. The van der Waals surface area contributed by atoms with Crippen molar-refractivity contribution < 1.29 is 4.79 Å². The Kier molecular flexibility index (Phi) is 3.50. The van der Waals surface area contributed by atoms with Crippen LogP contribution in [0.1, 0.15) is 20.2 Å². The number of thiophene rings is 1. The molecule has 0 unspecified atom stereocenters. The molecule has 17 heavy (non-hydrogen) atoms. The van der Waals surface area contributed by atoms with Crippen molar-refractivity contribution in [2.45, 2.75) is 6.92 Å². The second-order valence-electron chi connectivity index (χ2n) is 3.18. The summed E-state index contributed by atoms with van der Waals surface area (Å²) in [6, 6.07) is 3.83. The number of hydrogen-bond acceptors (Lipinski definition) is 6. The highest BCUT2D eigenvalue weighted by molar-refractivity contribution is 7.17. The molecule has 88 valence electrons. The molecule has 0 aromatic carbocycles. The number of carbonyl (C=O) groups is 1. The molecule has 0 atom stereocenters. The summed E-state index contributed by atoms with van der Waals surface area (Å²) in [6.07, 6.45) is 1.60. The molecule has 0 bridgehead atoms. The number of nitrogens with zero attached hydrogens (tertiary/aromatic N) is 2. The average Bonchev–Trinajstić information content (AvgIpc) is 2.88. The van der Waals surface area contributed by atoms with Gasteiger partial charge in [-0.1, -0.05) is 17.4 Å². The molecule has 0 saturated heterocycles. The fourth-order valence-electron chi connectivity index (χ4n) is 1.20. The lowest BCUT2D eigenvalue weighted by atomic mass is 10.4.